The van der Waals surface area contributed by atoms with Crippen molar-refractivity contribution in [1.82, 2.24) is 9.97 Å². The molecule has 0 saturated carbocycles. The first-order valence-electron chi connectivity index (χ1n) is 8.40. The van der Waals surface area contributed by atoms with E-state index in [0.29, 0.717) is 39.3 Å². The quantitative estimate of drug-likeness (QED) is 0.433. The van der Waals surface area contributed by atoms with Crippen LogP contribution >= 0.6 is 23.2 Å². The van der Waals surface area contributed by atoms with Gasteiger partial charge >= 0.3 is 5.97 Å². The van der Waals surface area contributed by atoms with Gasteiger partial charge in [-0.1, -0.05) is 29.3 Å². The zero-order chi connectivity index (χ0) is 19.7. The highest BCUT2D eigenvalue weighted by Gasteiger charge is 2.09. The molecule has 0 radical (unpaired) electrons. The monoisotopic (exact) mass is 412 g/mol. The van der Waals surface area contributed by atoms with Gasteiger partial charge in [0.1, 0.15) is 18.2 Å². The molecular formula is C21H14Cl2N2O3. The van der Waals surface area contributed by atoms with Crippen LogP contribution in [0.2, 0.25) is 10.0 Å². The average Bonchev–Trinajstić information content (AvgIpc) is 3.12. The zero-order valence-electron chi connectivity index (χ0n) is 14.4. The molecule has 3 aromatic carbocycles. The zero-order valence-corrected chi connectivity index (χ0v) is 16.0. The Balaban J connectivity index is 1.50. The lowest BCUT2D eigenvalue weighted by molar-refractivity contribution is 0.0697. The molecule has 1 heterocycles. The molecule has 5 nitrogen and oxygen atoms in total. The molecule has 0 amide bonds. The highest BCUT2D eigenvalue weighted by molar-refractivity contribution is 6.42. The van der Waals surface area contributed by atoms with Crippen LogP contribution < -0.4 is 4.74 Å². The molecule has 7 heteroatoms. The largest absolute Gasteiger partial charge is 0.489 e. The Kier molecular flexibility index (Phi) is 4.94. The summed E-state index contributed by atoms with van der Waals surface area (Å²) in [5.74, 6) is 0.397. The summed E-state index contributed by atoms with van der Waals surface area (Å²) >= 11 is 11.9. The number of imidazole rings is 1. The molecule has 2 N–H and O–H groups in total. The first-order chi connectivity index (χ1) is 13.5. The van der Waals surface area contributed by atoms with Gasteiger partial charge in [-0.25, -0.2) is 9.78 Å². The number of halogens is 2. The second-order valence-electron chi connectivity index (χ2n) is 6.18. The van der Waals surface area contributed by atoms with E-state index in [0.717, 1.165) is 11.1 Å². The van der Waals surface area contributed by atoms with E-state index in [1.54, 1.807) is 24.3 Å². The number of nitrogens with one attached hydrogen (secondary N) is 1. The number of aromatic carboxylic acids is 1. The number of fused-ring (bicyclic) bond motifs is 1. The van der Waals surface area contributed by atoms with Crippen LogP contribution in [-0.2, 0) is 6.61 Å². The Labute approximate surface area is 170 Å². The van der Waals surface area contributed by atoms with E-state index in [1.807, 2.05) is 30.3 Å². The molecule has 0 aliphatic carbocycles. The molecule has 0 atom stereocenters. The van der Waals surface area contributed by atoms with Crippen molar-refractivity contribution in [2.45, 2.75) is 6.61 Å². The van der Waals surface area contributed by atoms with E-state index in [2.05, 4.69) is 9.97 Å². The van der Waals surface area contributed by atoms with Gasteiger partial charge in [0.25, 0.3) is 0 Å². The molecule has 0 unspecified atom stereocenters. The van der Waals surface area contributed by atoms with Crippen LogP contribution in [0.5, 0.6) is 5.75 Å². The molecule has 0 fully saturated rings. The van der Waals surface area contributed by atoms with Crippen LogP contribution in [0.4, 0.5) is 0 Å². The number of carbonyl (C=O) groups is 1. The average molecular weight is 413 g/mol. The smallest absolute Gasteiger partial charge is 0.335 e. The minimum Gasteiger partial charge on any atom is -0.489 e. The molecular weight excluding hydrogens is 399 g/mol. The summed E-state index contributed by atoms with van der Waals surface area (Å²) in [7, 11) is 0. The molecule has 1 aromatic heterocycles. The third-order valence-electron chi connectivity index (χ3n) is 4.25. The number of hydrogen-bond donors (Lipinski definition) is 2. The summed E-state index contributed by atoms with van der Waals surface area (Å²) in [6.07, 6.45) is 0. The standard InChI is InChI=1S/C21H14Cl2N2O3/c22-16-7-1-12(9-17(16)23)11-28-15-5-2-13(3-6-15)20-24-18-8-4-14(21(26)27)10-19(18)25-20/h1-10H,11H2,(H,24,25)(H,26,27). The second kappa shape index (κ2) is 7.54. The summed E-state index contributed by atoms with van der Waals surface area (Å²) in [5, 5.41) is 10.1. The summed E-state index contributed by atoms with van der Waals surface area (Å²) < 4.78 is 5.78. The van der Waals surface area contributed by atoms with E-state index in [9.17, 15) is 4.79 Å². The van der Waals surface area contributed by atoms with Gasteiger partial charge in [0.15, 0.2) is 0 Å². The van der Waals surface area contributed by atoms with Crippen molar-refractivity contribution >= 4 is 40.2 Å². The summed E-state index contributed by atoms with van der Waals surface area (Å²) in [6, 6.07) is 17.7. The summed E-state index contributed by atoms with van der Waals surface area (Å²) in [4.78, 5) is 18.8. The normalized spacial score (nSPS) is 10.9. The van der Waals surface area contributed by atoms with Crippen LogP contribution in [0.25, 0.3) is 22.4 Å². The number of rotatable bonds is 5. The Hall–Kier alpha value is -3.02. The minimum atomic E-state index is -0.971. The SMILES string of the molecule is O=C(O)c1ccc2nc(-c3ccc(OCc4ccc(Cl)c(Cl)c4)cc3)[nH]c2c1. The van der Waals surface area contributed by atoms with Gasteiger partial charge in [0.05, 0.1) is 26.6 Å². The van der Waals surface area contributed by atoms with Gasteiger partial charge in [-0.05, 0) is 60.2 Å². The van der Waals surface area contributed by atoms with E-state index in [1.165, 1.54) is 6.07 Å². The molecule has 140 valence electrons. The van der Waals surface area contributed by atoms with Crippen LogP contribution in [0, 0.1) is 0 Å². The van der Waals surface area contributed by atoms with Gasteiger partial charge in [-0.2, -0.15) is 0 Å². The fourth-order valence-electron chi connectivity index (χ4n) is 2.78. The van der Waals surface area contributed by atoms with E-state index < -0.39 is 5.97 Å². The number of ether oxygens (including phenoxy) is 1. The highest BCUT2D eigenvalue weighted by atomic mass is 35.5. The van der Waals surface area contributed by atoms with Crippen molar-refractivity contribution in [2.75, 3.05) is 0 Å². The number of H-pyrrole nitrogens is 1. The fraction of sp³-hybridized carbons (Fsp3) is 0.0476. The Morgan fingerprint density at radius 1 is 1.00 bits per heavy atom. The van der Waals surface area contributed by atoms with Gasteiger partial charge in [-0.3, -0.25) is 0 Å². The van der Waals surface area contributed by atoms with Gasteiger partial charge < -0.3 is 14.8 Å². The number of hydrogen-bond acceptors (Lipinski definition) is 3. The number of nitrogens with zero attached hydrogens (tertiary/aromatic N) is 1. The molecule has 0 aliphatic rings. The number of aromatic amines is 1. The van der Waals surface area contributed by atoms with Crippen LogP contribution in [0.3, 0.4) is 0 Å². The predicted molar refractivity (Wildman–Crippen MR) is 109 cm³/mol. The second-order valence-corrected chi connectivity index (χ2v) is 7.00. The van der Waals surface area contributed by atoms with Crippen molar-refractivity contribution in [2.24, 2.45) is 0 Å². The Morgan fingerprint density at radius 3 is 2.50 bits per heavy atom. The van der Waals surface area contributed by atoms with Crippen molar-refractivity contribution in [1.29, 1.82) is 0 Å². The van der Waals surface area contributed by atoms with Gasteiger partial charge in [0.2, 0.25) is 0 Å². The first kappa shape index (κ1) is 18.3. The molecule has 0 bridgehead atoms. The van der Waals surface area contributed by atoms with E-state index in [4.69, 9.17) is 33.0 Å². The number of aromatic nitrogens is 2. The summed E-state index contributed by atoms with van der Waals surface area (Å²) in [5.41, 5.74) is 3.39. The van der Waals surface area contributed by atoms with E-state index >= 15 is 0 Å². The number of carboxylic acid groups (broad SMARTS) is 1. The van der Waals surface area contributed by atoms with Crippen molar-refractivity contribution in [3.05, 3.63) is 81.8 Å². The fourth-order valence-corrected chi connectivity index (χ4v) is 3.11. The molecule has 0 saturated heterocycles. The topological polar surface area (TPSA) is 75.2 Å². The predicted octanol–water partition coefficient (Wildman–Crippen LogP) is 5.81. The lowest BCUT2D eigenvalue weighted by atomic mass is 10.2. The third kappa shape index (κ3) is 3.81. The third-order valence-corrected chi connectivity index (χ3v) is 4.99. The highest BCUT2D eigenvalue weighted by Crippen LogP contribution is 2.25. The maximum absolute atomic E-state index is 11.1. The molecule has 0 aliphatic heterocycles. The van der Waals surface area contributed by atoms with Crippen molar-refractivity contribution in [3.63, 3.8) is 0 Å². The maximum Gasteiger partial charge on any atom is 0.335 e. The van der Waals surface area contributed by atoms with Crippen LogP contribution in [0.15, 0.2) is 60.7 Å². The molecule has 4 rings (SSSR count). The van der Waals surface area contributed by atoms with Crippen molar-refractivity contribution in [3.8, 4) is 17.1 Å². The van der Waals surface area contributed by atoms with Crippen LogP contribution in [-0.4, -0.2) is 21.0 Å². The number of benzene rings is 3. The minimum absolute atomic E-state index is 0.216. The first-order valence-corrected chi connectivity index (χ1v) is 9.15. The molecule has 0 spiro atoms. The van der Waals surface area contributed by atoms with Crippen LogP contribution in [0.1, 0.15) is 15.9 Å². The van der Waals surface area contributed by atoms with Gasteiger partial charge in [0, 0.05) is 5.56 Å². The maximum atomic E-state index is 11.1. The Morgan fingerprint density at radius 2 is 1.79 bits per heavy atom. The van der Waals surface area contributed by atoms with E-state index in [-0.39, 0.29) is 5.56 Å². The Bertz CT molecular complexity index is 1170. The number of carboxylic acids is 1. The molecule has 28 heavy (non-hydrogen) atoms. The lowest BCUT2D eigenvalue weighted by Gasteiger charge is -2.07. The lowest BCUT2D eigenvalue weighted by Crippen LogP contribution is -1.95. The summed E-state index contributed by atoms with van der Waals surface area (Å²) in [6.45, 7) is 0.374. The van der Waals surface area contributed by atoms with Crippen molar-refractivity contribution < 1.29 is 14.6 Å². The molecule has 4 aromatic rings. The van der Waals surface area contributed by atoms with Gasteiger partial charge in [-0.15, -0.1) is 0 Å².